The maximum atomic E-state index is 3.45. The van der Waals surface area contributed by atoms with Gasteiger partial charge in [0, 0.05) is 36.0 Å². The second-order valence-corrected chi connectivity index (χ2v) is 4.44. The number of hydrogen-bond donors (Lipinski definition) is 1. The summed E-state index contributed by atoms with van der Waals surface area (Å²) < 4.78 is 2.41. The molecule has 0 aliphatic carbocycles. The zero-order valence-electron chi connectivity index (χ0n) is 6.98. The zero-order valence-corrected chi connectivity index (χ0v) is 9.14. The highest BCUT2D eigenvalue weighted by Gasteiger charge is 2.01. The minimum atomic E-state index is 1.19. The van der Waals surface area contributed by atoms with Gasteiger partial charge in [-0.1, -0.05) is 6.42 Å². The summed E-state index contributed by atoms with van der Waals surface area (Å²) in [5, 5.41) is 3.45. The predicted molar refractivity (Wildman–Crippen MR) is 56.9 cm³/mol. The van der Waals surface area contributed by atoms with Crippen molar-refractivity contribution in [1.82, 2.24) is 8.43 Å². The number of rotatable bonds is 0. The fourth-order valence-electron chi connectivity index (χ4n) is 1.32. The van der Waals surface area contributed by atoms with Gasteiger partial charge in [-0.05, 0) is 32.4 Å². The molecule has 3 heteroatoms. The molecule has 1 rings (SSSR count). The lowest BCUT2D eigenvalue weighted by Crippen LogP contribution is -2.24. The van der Waals surface area contributed by atoms with Crippen molar-refractivity contribution in [3.63, 3.8) is 0 Å². The Kier molecular flexibility index (Phi) is 5.49. The van der Waals surface area contributed by atoms with Gasteiger partial charge in [0.2, 0.25) is 0 Å². The van der Waals surface area contributed by atoms with Crippen LogP contribution in [-0.2, 0) is 0 Å². The minimum absolute atomic E-state index is 1.19. The van der Waals surface area contributed by atoms with Crippen molar-refractivity contribution in [2.24, 2.45) is 0 Å². The molecule has 0 amide bonds. The average molecular weight is 268 g/mol. The molecule has 1 aliphatic heterocycles. The molecule has 0 unspecified atom stereocenters. The molecule has 66 valence electrons. The molecular formula is C8H17IN2. The predicted octanol–water partition coefficient (Wildman–Crippen LogP) is 1.80. The third-order valence-electron chi connectivity index (χ3n) is 2.01. The quantitative estimate of drug-likeness (QED) is 0.532. The molecule has 0 saturated carbocycles. The normalized spacial score (nSPS) is 24.8. The Morgan fingerprint density at radius 3 is 2.55 bits per heavy atom. The Balaban J connectivity index is 2.12. The van der Waals surface area contributed by atoms with Gasteiger partial charge < -0.3 is 5.32 Å². The van der Waals surface area contributed by atoms with E-state index in [0.29, 0.717) is 0 Å². The van der Waals surface area contributed by atoms with Crippen LogP contribution in [0.1, 0.15) is 25.7 Å². The van der Waals surface area contributed by atoms with Gasteiger partial charge in [0.05, 0.1) is 0 Å². The lowest BCUT2D eigenvalue weighted by Gasteiger charge is -2.16. The molecule has 1 heterocycles. The number of halogens is 1. The van der Waals surface area contributed by atoms with Crippen LogP contribution in [0, 0.1) is 0 Å². The maximum Gasteiger partial charge on any atom is 0.0201 e. The smallest absolute Gasteiger partial charge is 0.0201 e. The molecule has 11 heavy (non-hydrogen) atoms. The summed E-state index contributed by atoms with van der Waals surface area (Å²) in [5.41, 5.74) is 0. The van der Waals surface area contributed by atoms with E-state index in [1.807, 2.05) is 0 Å². The van der Waals surface area contributed by atoms with Crippen LogP contribution in [0.4, 0.5) is 0 Å². The van der Waals surface area contributed by atoms with Gasteiger partial charge in [0.1, 0.15) is 0 Å². The number of nitrogens with zero attached hydrogens (tertiary/aromatic N) is 1. The van der Waals surface area contributed by atoms with E-state index in [4.69, 9.17) is 0 Å². The van der Waals surface area contributed by atoms with E-state index in [0.717, 1.165) is 0 Å². The Bertz CT molecular complexity index is 88.1. The molecule has 0 aromatic carbocycles. The van der Waals surface area contributed by atoms with Crippen molar-refractivity contribution < 1.29 is 0 Å². The molecular weight excluding hydrogens is 251 g/mol. The van der Waals surface area contributed by atoms with Crippen molar-refractivity contribution in [2.75, 3.05) is 26.2 Å². The van der Waals surface area contributed by atoms with Crippen LogP contribution < -0.4 is 5.32 Å². The molecule has 0 atom stereocenters. The van der Waals surface area contributed by atoms with E-state index in [2.05, 4.69) is 31.3 Å². The fourth-order valence-corrected chi connectivity index (χ4v) is 2.00. The molecule has 0 aromatic heterocycles. The van der Waals surface area contributed by atoms with Crippen LogP contribution in [-0.4, -0.2) is 29.3 Å². The average Bonchev–Trinajstić information content (AvgIpc) is 2.03. The van der Waals surface area contributed by atoms with Gasteiger partial charge in [0.25, 0.3) is 0 Å². The fraction of sp³-hybridized carbons (Fsp3) is 1.00. The second-order valence-electron chi connectivity index (χ2n) is 3.07. The van der Waals surface area contributed by atoms with Crippen molar-refractivity contribution in [3.8, 4) is 0 Å². The van der Waals surface area contributed by atoms with Crippen LogP contribution in [0.15, 0.2) is 0 Å². The van der Waals surface area contributed by atoms with Crippen molar-refractivity contribution in [3.05, 3.63) is 0 Å². The highest BCUT2D eigenvalue weighted by atomic mass is 127. The van der Waals surface area contributed by atoms with Gasteiger partial charge in [-0.25, -0.2) is 3.11 Å². The third kappa shape index (κ3) is 4.98. The van der Waals surface area contributed by atoms with E-state index < -0.39 is 0 Å². The summed E-state index contributed by atoms with van der Waals surface area (Å²) in [5.74, 6) is 0. The summed E-state index contributed by atoms with van der Waals surface area (Å²) in [6.07, 6.45) is 5.39. The van der Waals surface area contributed by atoms with Gasteiger partial charge in [-0.3, -0.25) is 0 Å². The first-order chi connectivity index (χ1) is 5.39. The monoisotopic (exact) mass is 268 g/mol. The molecule has 0 bridgehead atoms. The molecule has 1 fully saturated rings. The van der Waals surface area contributed by atoms with Gasteiger partial charge in [-0.2, -0.15) is 0 Å². The van der Waals surface area contributed by atoms with E-state index >= 15 is 0 Å². The highest BCUT2D eigenvalue weighted by molar-refractivity contribution is 14.1. The summed E-state index contributed by atoms with van der Waals surface area (Å²) >= 11 is 2.43. The van der Waals surface area contributed by atoms with Crippen LogP contribution in [0.5, 0.6) is 0 Å². The first-order valence-corrected chi connectivity index (χ1v) is 5.47. The molecule has 2 nitrogen and oxygen atoms in total. The third-order valence-corrected chi connectivity index (χ3v) is 2.97. The summed E-state index contributed by atoms with van der Waals surface area (Å²) in [7, 11) is 0. The molecule has 0 radical (unpaired) electrons. The molecule has 1 N–H and O–H groups in total. The van der Waals surface area contributed by atoms with E-state index in [-0.39, 0.29) is 0 Å². The standard InChI is InChI=1S/C8H17IN2/c9-11-7-3-1-2-5-10-6-4-8-11/h10H,1-8H2. The van der Waals surface area contributed by atoms with Gasteiger partial charge in [-0.15, -0.1) is 0 Å². The van der Waals surface area contributed by atoms with Crippen molar-refractivity contribution in [2.45, 2.75) is 25.7 Å². The molecule has 1 aliphatic rings. The first-order valence-electron chi connectivity index (χ1n) is 4.51. The van der Waals surface area contributed by atoms with Gasteiger partial charge >= 0.3 is 0 Å². The van der Waals surface area contributed by atoms with Crippen LogP contribution in [0.25, 0.3) is 0 Å². The largest absolute Gasteiger partial charge is 0.317 e. The van der Waals surface area contributed by atoms with E-state index in [1.165, 1.54) is 51.9 Å². The van der Waals surface area contributed by atoms with Gasteiger partial charge in [0.15, 0.2) is 0 Å². The number of hydrogen-bond acceptors (Lipinski definition) is 2. The first kappa shape index (κ1) is 9.74. The zero-order chi connectivity index (χ0) is 7.94. The topological polar surface area (TPSA) is 15.3 Å². The molecule has 1 saturated heterocycles. The summed E-state index contributed by atoms with van der Waals surface area (Å²) in [4.78, 5) is 0. The highest BCUT2D eigenvalue weighted by Crippen LogP contribution is 2.05. The SMILES string of the molecule is IN1CCCCCNCCC1. The Hall–Kier alpha value is 0.650. The lowest BCUT2D eigenvalue weighted by atomic mass is 10.2. The lowest BCUT2D eigenvalue weighted by molar-refractivity contribution is 0.439. The van der Waals surface area contributed by atoms with E-state index in [1.54, 1.807) is 0 Å². The van der Waals surface area contributed by atoms with Crippen LogP contribution in [0.2, 0.25) is 0 Å². The van der Waals surface area contributed by atoms with Crippen LogP contribution in [0.3, 0.4) is 0 Å². The Morgan fingerprint density at radius 2 is 1.64 bits per heavy atom. The van der Waals surface area contributed by atoms with Crippen LogP contribution >= 0.6 is 22.9 Å². The molecule has 0 aromatic rings. The van der Waals surface area contributed by atoms with Crippen molar-refractivity contribution in [1.29, 1.82) is 0 Å². The summed E-state index contributed by atoms with van der Waals surface area (Å²) in [6, 6.07) is 0. The summed E-state index contributed by atoms with van der Waals surface area (Å²) in [6.45, 7) is 4.94. The minimum Gasteiger partial charge on any atom is -0.317 e. The maximum absolute atomic E-state index is 3.45. The second kappa shape index (κ2) is 6.20. The van der Waals surface area contributed by atoms with Crippen molar-refractivity contribution >= 4 is 22.9 Å². The number of nitrogens with one attached hydrogen (secondary N) is 1. The van der Waals surface area contributed by atoms with E-state index in [9.17, 15) is 0 Å². The Morgan fingerprint density at radius 1 is 0.909 bits per heavy atom. The molecule has 0 spiro atoms. The Labute approximate surface area is 83.2 Å².